The number of rotatable bonds is 8. The van der Waals surface area contributed by atoms with Crippen LogP contribution in [-0.2, 0) is 19.6 Å². The van der Waals surface area contributed by atoms with E-state index in [0.717, 1.165) is 78.1 Å². The molecule has 1 aliphatic rings. The molecule has 35 heavy (non-hydrogen) atoms. The first-order valence-electron chi connectivity index (χ1n) is 12.0. The number of aryl methyl sites for hydroxylation is 2. The molecule has 2 N–H and O–H groups in total. The number of likely N-dealkylation sites (N-methyl/N-ethyl adjacent to an activating group) is 1. The molecule has 5 rings (SSSR count). The van der Waals surface area contributed by atoms with Crippen molar-refractivity contribution in [1.82, 2.24) is 30.7 Å². The van der Waals surface area contributed by atoms with E-state index in [0.29, 0.717) is 5.82 Å². The molecule has 0 saturated heterocycles. The molecule has 0 saturated carbocycles. The number of hydrogen-bond donors (Lipinski definition) is 2. The number of benzene rings is 1. The fourth-order valence-electron chi connectivity index (χ4n) is 4.62. The predicted molar refractivity (Wildman–Crippen MR) is 137 cm³/mol. The maximum absolute atomic E-state index is 5.50. The SMILES string of the molecule is CNCCNCc1cccc(-c2nc(-c3c(C)noc3C)c(C)c(N3Cc4cccnc4C3)n2)c1. The Labute approximate surface area is 205 Å². The Morgan fingerprint density at radius 1 is 1.03 bits per heavy atom. The van der Waals surface area contributed by atoms with Crippen LogP contribution in [0.15, 0.2) is 47.1 Å². The third kappa shape index (κ3) is 4.67. The van der Waals surface area contributed by atoms with Crippen molar-refractivity contribution in [3.8, 4) is 22.6 Å². The second kappa shape index (κ2) is 9.93. The summed E-state index contributed by atoms with van der Waals surface area (Å²) in [5.41, 5.74) is 8.16. The average molecular weight is 470 g/mol. The largest absolute Gasteiger partial charge is 0.361 e. The Hall–Kier alpha value is -3.62. The van der Waals surface area contributed by atoms with Gasteiger partial charge in [-0.15, -0.1) is 0 Å². The van der Waals surface area contributed by atoms with Gasteiger partial charge in [0.15, 0.2) is 5.82 Å². The van der Waals surface area contributed by atoms with Gasteiger partial charge in [-0.1, -0.05) is 29.4 Å². The molecule has 0 unspecified atom stereocenters. The normalized spacial score (nSPS) is 12.9. The zero-order valence-electron chi connectivity index (χ0n) is 20.7. The maximum Gasteiger partial charge on any atom is 0.162 e. The lowest BCUT2D eigenvalue weighted by atomic mass is 10.0. The average Bonchev–Trinajstić information content (AvgIpc) is 3.45. The number of nitrogens with zero attached hydrogens (tertiary/aromatic N) is 5. The molecular formula is C27H31N7O. The third-order valence-corrected chi connectivity index (χ3v) is 6.44. The lowest BCUT2D eigenvalue weighted by Gasteiger charge is -2.21. The van der Waals surface area contributed by atoms with E-state index in [9.17, 15) is 0 Å². The van der Waals surface area contributed by atoms with Crippen molar-refractivity contribution in [2.24, 2.45) is 0 Å². The van der Waals surface area contributed by atoms with Crippen LogP contribution in [0.3, 0.4) is 0 Å². The van der Waals surface area contributed by atoms with Gasteiger partial charge < -0.3 is 20.1 Å². The second-order valence-corrected chi connectivity index (χ2v) is 8.99. The molecule has 8 nitrogen and oxygen atoms in total. The molecule has 0 amide bonds. The Kier molecular flexibility index (Phi) is 6.57. The topological polar surface area (TPSA) is 92.0 Å². The maximum atomic E-state index is 5.50. The van der Waals surface area contributed by atoms with Crippen LogP contribution in [0, 0.1) is 20.8 Å². The summed E-state index contributed by atoms with van der Waals surface area (Å²) in [5, 5.41) is 10.8. The van der Waals surface area contributed by atoms with Crippen LogP contribution in [-0.4, -0.2) is 40.2 Å². The molecule has 0 aliphatic carbocycles. The molecule has 0 atom stereocenters. The summed E-state index contributed by atoms with van der Waals surface area (Å²) in [5.74, 6) is 2.37. The van der Waals surface area contributed by atoms with Crippen molar-refractivity contribution in [3.63, 3.8) is 0 Å². The van der Waals surface area contributed by atoms with E-state index in [4.69, 9.17) is 14.5 Å². The number of aromatic nitrogens is 4. The summed E-state index contributed by atoms with van der Waals surface area (Å²) in [4.78, 5) is 17.0. The lowest BCUT2D eigenvalue weighted by molar-refractivity contribution is 0.393. The Morgan fingerprint density at radius 3 is 2.69 bits per heavy atom. The Bertz CT molecular complexity index is 1300. The molecular weight excluding hydrogens is 438 g/mol. The zero-order chi connectivity index (χ0) is 24.4. The van der Waals surface area contributed by atoms with Gasteiger partial charge in [-0.2, -0.15) is 0 Å². The highest BCUT2D eigenvalue weighted by molar-refractivity contribution is 5.75. The van der Waals surface area contributed by atoms with Crippen LogP contribution in [0.25, 0.3) is 22.6 Å². The fraction of sp³-hybridized carbons (Fsp3) is 0.333. The van der Waals surface area contributed by atoms with Crippen molar-refractivity contribution in [3.05, 3.63) is 76.4 Å². The van der Waals surface area contributed by atoms with Crippen LogP contribution in [0.1, 0.15) is 33.8 Å². The number of hydrogen-bond acceptors (Lipinski definition) is 8. The molecule has 0 spiro atoms. The van der Waals surface area contributed by atoms with Crippen LogP contribution in [0.4, 0.5) is 5.82 Å². The van der Waals surface area contributed by atoms with Crippen molar-refractivity contribution >= 4 is 5.82 Å². The summed E-state index contributed by atoms with van der Waals surface area (Å²) in [7, 11) is 1.96. The summed E-state index contributed by atoms with van der Waals surface area (Å²) in [6.07, 6.45) is 1.85. The van der Waals surface area contributed by atoms with Gasteiger partial charge in [0.2, 0.25) is 0 Å². The number of pyridine rings is 1. The van der Waals surface area contributed by atoms with Crippen molar-refractivity contribution in [2.75, 3.05) is 25.0 Å². The van der Waals surface area contributed by atoms with E-state index in [2.05, 4.69) is 62.9 Å². The van der Waals surface area contributed by atoms with E-state index in [1.165, 1.54) is 11.1 Å². The first kappa shape index (κ1) is 23.1. The molecule has 1 aromatic carbocycles. The van der Waals surface area contributed by atoms with E-state index < -0.39 is 0 Å². The van der Waals surface area contributed by atoms with E-state index in [1.54, 1.807) is 0 Å². The number of anilines is 1. The van der Waals surface area contributed by atoms with E-state index >= 15 is 0 Å². The van der Waals surface area contributed by atoms with Gasteiger partial charge in [0.25, 0.3) is 0 Å². The molecule has 0 radical (unpaired) electrons. The molecule has 3 aromatic heterocycles. The van der Waals surface area contributed by atoms with Crippen LogP contribution < -0.4 is 15.5 Å². The molecule has 4 aromatic rings. The highest BCUT2D eigenvalue weighted by Crippen LogP contribution is 2.36. The van der Waals surface area contributed by atoms with E-state index in [-0.39, 0.29) is 0 Å². The van der Waals surface area contributed by atoms with Gasteiger partial charge >= 0.3 is 0 Å². The first-order chi connectivity index (χ1) is 17.0. The molecule has 8 heteroatoms. The van der Waals surface area contributed by atoms with Crippen molar-refractivity contribution in [1.29, 1.82) is 0 Å². The zero-order valence-corrected chi connectivity index (χ0v) is 20.7. The van der Waals surface area contributed by atoms with Gasteiger partial charge in [0.05, 0.1) is 29.2 Å². The summed E-state index contributed by atoms with van der Waals surface area (Å²) in [6.45, 7) is 10.1. The van der Waals surface area contributed by atoms with Crippen molar-refractivity contribution < 1.29 is 4.52 Å². The summed E-state index contributed by atoms with van der Waals surface area (Å²) in [6, 6.07) is 12.6. The Balaban J connectivity index is 1.57. The van der Waals surface area contributed by atoms with Crippen molar-refractivity contribution in [2.45, 2.75) is 40.4 Å². The Morgan fingerprint density at radius 2 is 1.91 bits per heavy atom. The van der Waals surface area contributed by atoms with E-state index in [1.807, 2.05) is 33.2 Å². The monoisotopic (exact) mass is 469 g/mol. The van der Waals surface area contributed by atoms with Crippen LogP contribution in [0.5, 0.6) is 0 Å². The summed E-state index contributed by atoms with van der Waals surface area (Å²) < 4.78 is 5.50. The molecule has 0 bridgehead atoms. The highest BCUT2D eigenvalue weighted by Gasteiger charge is 2.27. The minimum absolute atomic E-state index is 0.696. The summed E-state index contributed by atoms with van der Waals surface area (Å²) >= 11 is 0. The van der Waals surface area contributed by atoms with Crippen LogP contribution in [0.2, 0.25) is 0 Å². The fourth-order valence-corrected chi connectivity index (χ4v) is 4.62. The van der Waals surface area contributed by atoms with Gasteiger partial charge in [0, 0.05) is 43.5 Å². The molecule has 0 fully saturated rings. The molecule has 180 valence electrons. The highest BCUT2D eigenvalue weighted by atomic mass is 16.5. The quantitative estimate of drug-likeness (QED) is 0.375. The molecule has 4 heterocycles. The van der Waals surface area contributed by atoms with Crippen LogP contribution >= 0.6 is 0 Å². The first-order valence-corrected chi connectivity index (χ1v) is 12.0. The van der Waals surface area contributed by atoms with Gasteiger partial charge in [-0.3, -0.25) is 4.98 Å². The third-order valence-electron chi connectivity index (χ3n) is 6.44. The second-order valence-electron chi connectivity index (χ2n) is 8.99. The predicted octanol–water partition coefficient (Wildman–Crippen LogP) is 3.95. The van der Waals surface area contributed by atoms with Gasteiger partial charge in [0.1, 0.15) is 11.6 Å². The minimum atomic E-state index is 0.696. The number of fused-ring (bicyclic) bond motifs is 1. The molecule has 1 aliphatic heterocycles. The minimum Gasteiger partial charge on any atom is -0.361 e. The number of nitrogens with one attached hydrogen (secondary N) is 2. The standard InChI is InChI=1S/C27H31N7O/c1-17-25(24-18(2)33-35-19(24)3)31-26(21-8-5-7-20(13-21)14-29-12-11-28-4)32-27(17)34-15-22-9-6-10-30-23(22)16-34/h5-10,13,28-29H,11-12,14-16H2,1-4H3. The smallest absolute Gasteiger partial charge is 0.162 e. The van der Waals surface area contributed by atoms with Gasteiger partial charge in [-0.05, 0) is 51.1 Å². The lowest BCUT2D eigenvalue weighted by Crippen LogP contribution is -2.24. The van der Waals surface area contributed by atoms with Gasteiger partial charge in [-0.25, -0.2) is 9.97 Å².